The Balaban J connectivity index is 1.81. The van der Waals surface area contributed by atoms with E-state index in [9.17, 15) is 23.5 Å². The first kappa shape index (κ1) is 18.2. The van der Waals surface area contributed by atoms with E-state index in [1.165, 1.54) is 11.0 Å². The molecule has 0 radical (unpaired) electrons. The number of nitrogens with zero attached hydrogens (tertiary/aromatic N) is 1. The van der Waals surface area contributed by atoms with E-state index in [1.807, 2.05) is 6.92 Å². The van der Waals surface area contributed by atoms with Gasteiger partial charge in [-0.2, -0.15) is 0 Å². The second kappa shape index (κ2) is 8.08. The minimum absolute atomic E-state index is 0.0703. The minimum atomic E-state index is -0.987. The van der Waals surface area contributed by atoms with Crippen molar-refractivity contribution in [3.63, 3.8) is 0 Å². The molecule has 0 saturated carbocycles. The number of rotatable bonds is 6. The van der Waals surface area contributed by atoms with Gasteiger partial charge in [0.2, 0.25) is 5.91 Å². The van der Waals surface area contributed by atoms with Gasteiger partial charge in [0.1, 0.15) is 11.9 Å². The SMILES string of the molecule is CC1CCN(C(=O)CCCOc2ccc(F)cc2F)C(C(=O)O)C1. The Hall–Kier alpha value is -2.18. The van der Waals surface area contributed by atoms with E-state index in [-0.39, 0.29) is 30.6 Å². The van der Waals surface area contributed by atoms with Gasteiger partial charge in [0.25, 0.3) is 0 Å². The number of aliphatic carboxylic acids is 1. The summed E-state index contributed by atoms with van der Waals surface area (Å²) >= 11 is 0. The smallest absolute Gasteiger partial charge is 0.326 e. The molecule has 1 fully saturated rings. The van der Waals surface area contributed by atoms with Crippen molar-refractivity contribution in [1.29, 1.82) is 0 Å². The van der Waals surface area contributed by atoms with E-state index >= 15 is 0 Å². The molecule has 2 atom stereocenters. The summed E-state index contributed by atoms with van der Waals surface area (Å²) in [6.07, 6.45) is 1.69. The summed E-state index contributed by atoms with van der Waals surface area (Å²) in [5.74, 6) is -2.50. The maximum Gasteiger partial charge on any atom is 0.326 e. The zero-order chi connectivity index (χ0) is 17.7. The van der Waals surface area contributed by atoms with Gasteiger partial charge in [-0.25, -0.2) is 13.6 Å². The summed E-state index contributed by atoms with van der Waals surface area (Å²) in [6.45, 7) is 2.50. The van der Waals surface area contributed by atoms with Crippen molar-refractivity contribution in [2.75, 3.05) is 13.2 Å². The maximum absolute atomic E-state index is 13.4. The molecule has 0 aromatic heterocycles. The van der Waals surface area contributed by atoms with Crippen molar-refractivity contribution in [2.45, 2.75) is 38.6 Å². The van der Waals surface area contributed by atoms with Crippen molar-refractivity contribution in [3.05, 3.63) is 29.8 Å². The van der Waals surface area contributed by atoms with Crippen molar-refractivity contribution < 1.29 is 28.2 Å². The largest absolute Gasteiger partial charge is 0.491 e. The molecule has 0 spiro atoms. The molecule has 7 heteroatoms. The number of hydrogen-bond acceptors (Lipinski definition) is 3. The Labute approximate surface area is 139 Å². The Morgan fingerprint density at radius 3 is 2.79 bits per heavy atom. The number of carbonyl (C=O) groups excluding carboxylic acids is 1. The zero-order valence-electron chi connectivity index (χ0n) is 13.5. The molecule has 1 aromatic rings. The molecule has 2 unspecified atom stereocenters. The Morgan fingerprint density at radius 2 is 2.12 bits per heavy atom. The van der Waals surface area contributed by atoms with Crippen LogP contribution in [0.2, 0.25) is 0 Å². The van der Waals surface area contributed by atoms with Gasteiger partial charge in [-0.1, -0.05) is 6.92 Å². The fourth-order valence-electron chi connectivity index (χ4n) is 2.82. The molecular weight excluding hydrogens is 320 g/mol. The summed E-state index contributed by atoms with van der Waals surface area (Å²) in [5.41, 5.74) is 0. The lowest BCUT2D eigenvalue weighted by Crippen LogP contribution is -2.49. The number of hydrogen-bond donors (Lipinski definition) is 1. The van der Waals surface area contributed by atoms with Crippen LogP contribution in [0.15, 0.2) is 18.2 Å². The highest BCUT2D eigenvalue weighted by Crippen LogP contribution is 2.24. The van der Waals surface area contributed by atoms with Crippen LogP contribution in [-0.2, 0) is 9.59 Å². The van der Waals surface area contributed by atoms with Crippen molar-refractivity contribution in [3.8, 4) is 5.75 Å². The highest BCUT2D eigenvalue weighted by molar-refractivity contribution is 5.83. The molecule has 0 bridgehead atoms. The number of halogens is 2. The lowest BCUT2D eigenvalue weighted by molar-refractivity contribution is -0.153. The molecule has 1 aliphatic heterocycles. The molecule has 5 nitrogen and oxygen atoms in total. The number of amides is 1. The van der Waals surface area contributed by atoms with E-state index in [4.69, 9.17) is 4.74 Å². The van der Waals surface area contributed by atoms with E-state index < -0.39 is 23.6 Å². The number of piperidine rings is 1. The van der Waals surface area contributed by atoms with Crippen molar-refractivity contribution in [2.24, 2.45) is 5.92 Å². The van der Waals surface area contributed by atoms with Crippen LogP contribution in [0.1, 0.15) is 32.6 Å². The molecule has 1 N–H and O–H groups in total. The standard InChI is InChI=1S/C17H21F2NO4/c1-11-6-7-20(14(9-11)17(22)23)16(21)3-2-8-24-15-5-4-12(18)10-13(15)19/h4-5,10-11,14H,2-3,6-9H2,1H3,(H,22,23). The molecule has 1 saturated heterocycles. The van der Waals surface area contributed by atoms with Gasteiger partial charge < -0.3 is 14.7 Å². The average molecular weight is 341 g/mol. The fraction of sp³-hybridized carbons (Fsp3) is 0.529. The maximum atomic E-state index is 13.4. The van der Waals surface area contributed by atoms with Gasteiger partial charge >= 0.3 is 5.97 Å². The van der Waals surface area contributed by atoms with Gasteiger partial charge in [-0.3, -0.25) is 4.79 Å². The topological polar surface area (TPSA) is 66.8 Å². The summed E-state index contributed by atoms with van der Waals surface area (Å²) in [5, 5.41) is 9.26. The number of benzene rings is 1. The third kappa shape index (κ3) is 4.66. The number of ether oxygens (including phenoxy) is 1. The highest BCUT2D eigenvalue weighted by Gasteiger charge is 2.34. The Morgan fingerprint density at radius 1 is 1.38 bits per heavy atom. The molecule has 1 heterocycles. The Kier molecular flexibility index (Phi) is 6.11. The fourth-order valence-corrected chi connectivity index (χ4v) is 2.82. The lowest BCUT2D eigenvalue weighted by atomic mass is 9.92. The van der Waals surface area contributed by atoms with E-state index in [0.717, 1.165) is 18.6 Å². The molecular formula is C17H21F2NO4. The lowest BCUT2D eigenvalue weighted by Gasteiger charge is -2.36. The van der Waals surface area contributed by atoms with Crippen LogP contribution in [0.25, 0.3) is 0 Å². The summed E-state index contributed by atoms with van der Waals surface area (Å²) in [4.78, 5) is 24.9. The molecule has 1 aliphatic rings. The first-order valence-corrected chi connectivity index (χ1v) is 7.98. The summed E-state index contributed by atoms with van der Waals surface area (Å²) in [6, 6.07) is 2.23. The monoisotopic (exact) mass is 341 g/mol. The predicted octanol–water partition coefficient (Wildman–Crippen LogP) is 2.84. The molecule has 1 amide bonds. The predicted molar refractivity (Wildman–Crippen MR) is 82.6 cm³/mol. The van der Waals surface area contributed by atoms with Crippen molar-refractivity contribution >= 4 is 11.9 Å². The molecule has 132 valence electrons. The van der Waals surface area contributed by atoms with Crippen LogP contribution in [0.4, 0.5) is 8.78 Å². The number of carboxylic acid groups (broad SMARTS) is 1. The number of likely N-dealkylation sites (tertiary alicyclic amines) is 1. The van der Waals surface area contributed by atoms with E-state index in [2.05, 4.69) is 0 Å². The van der Waals surface area contributed by atoms with Gasteiger partial charge in [0.05, 0.1) is 6.61 Å². The first-order chi connectivity index (χ1) is 11.4. The van der Waals surface area contributed by atoms with Crippen LogP contribution < -0.4 is 4.74 Å². The Bertz CT molecular complexity index is 608. The highest BCUT2D eigenvalue weighted by atomic mass is 19.1. The van der Waals surface area contributed by atoms with Crippen LogP contribution >= 0.6 is 0 Å². The second-order valence-electron chi connectivity index (χ2n) is 6.10. The normalized spacial score (nSPS) is 20.7. The van der Waals surface area contributed by atoms with Crippen LogP contribution in [0, 0.1) is 17.6 Å². The van der Waals surface area contributed by atoms with E-state index in [0.29, 0.717) is 19.4 Å². The van der Waals surface area contributed by atoms with Crippen molar-refractivity contribution in [1.82, 2.24) is 4.90 Å². The quantitative estimate of drug-likeness (QED) is 0.808. The van der Waals surface area contributed by atoms with Gasteiger partial charge in [-0.15, -0.1) is 0 Å². The molecule has 2 rings (SSSR count). The molecule has 0 aliphatic carbocycles. The summed E-state index contributed by atoms with van der Waals surface area (Å²) in [7, 11) is 0. The van der Waals surface area contributed by atoms with Gasteiger partial charge in [-0.05, 0) is 37.3 Å². The molecule has 24 heavy (non-hydrogen) atoms. The molecule has 1 aromatic carbocycles. The third-order valence-electron chi connectivity index (χ3n) is 4.16. The summed E-state index contributed by atoms with van der Waals surface area (Å²) < 4.78 is 31.4. The number of carboxylic acids is 1. The zero-order valence-corrected chi connectivity index (χ0v) is 13.5. The van der Waals surface area contributed by atoms with E-state index in [1.54, 1.807) is 0 Å². The van der Waals surface area contributed by atoms with Gasteiger partial charge in [0, 0.05) is 19.0 Å². The van der Waals surface area contributed by atoms with Crippen LogP contribution in [0.5, 0.6) is 5.75 Å². The van der Waals surface area contributed by atoms with Crippen LogP contribution in [0.3, 0.4) is 0 Å². The first-order valence-electron chi connectivity index (χ1n) is 7.98. The average Bonchev–Trinajstić information content (AvgIpc) is 2.52. The van der Waals surface area contributed by atoms with Gasteiger partial charge in [0.15, 0.2) is 11.6 Å². The number of carbonyl (C=O) groups is 2. The minimum Gasteiger partial charge on any atom is -0.491 e. The second-order valence-corrected chi connectivity index (χ2v) is 6.10. The third-order valence-corrected chi connectivity index (χ3v) is 4.16. The van der Waals surface area contributed by atoms with Crippen LogP contribution in [-0.4, -0.2) is 41.1 Å².